The Morgan fingerprint density at radius 1 is 1.33 bits per heavy atom. The molecule has 21 heavy (non-hydrogen) atoms. The van der Waals surface area contributed by atoms with E-state index in [2.05, 4.69) is 15.2 Å². The van der Waals surface area contributed by atoms with Gasteiger partial charge in [-0.3, -0.25) is 4.68 Å². The molecule has 1 heterocycles. The monoisotopic (exact) mass is 319 g/mol. The zero-order chi connectivity index (χ0) is 15.6. The summed E-state index contributed by atoms with van der Waals surface area (Å²) >= 11 is 6.09. The van der Waals surface area contributed by atoms with Crippen LogP contribution in [0.4, 0.5) is 18.9 Å². The quantitative estimate of drug-likeness (QED) is 0.929. The fourth-order valence-electron chi connectivity index (χ4n) is 1.88. The number of aromatic nitrogens is 2. The van der Waals surface area contributed by atoms with E-state index in [9.17, 15) is 13.2 Å². The van der Waals surface area contributed by atoms with Gasteiger partial charge in [0.1, 0.15) is 0 Å². The number of hydrogen-bond donors (Lipinski definition) is 1. The number of nitrogens with zero attached hydrogens (tertiary/aromatic N) is 2. The van der Waals surface area contributed by atoms with Crippen molar-refractivity contribution in [1.82, 2.24) is 9.78 Å². The zero-order valence-corrected chi connectivity index (χ0v) is 12.1. The molecular formula is C13H13ClF3N3O. The highest BCUT2D eigenvalue weighted by molar-refractivity contribution is 6.31. The zero-order valence-electron chi connectivity index (χ0n) is 11.3. The minimum atomic E-state index is -4.74. The van der Waals surface area contributed by atoms with Crippen LogP contribution in [0.25, 0.3) is 0 Å². The summed E-state index contributed by atoms with van der Waals surface area (Å²) in [5.41, 5.74) is 1.57. The topological polar surface area (TPSA) is 39.1 Å². The number of alkyl halides is 3. The molecule has 0 spiro atoms. The Morgan fingerprint density at radius 2 is 2.00 bits per heavy atom. The second kappa shape index (κ2) is 5.85. The van der Waals surface area contributed by atoms with E-state index in [-0.39, 0.29) is 18.0 Å². The number of nitrogens with one attached hydrogen (secondary N) is 1. The third-order valence-corrected chi connectivity index (χ3v) is 3.31. The molecule has 1 N–H and O–H groups in total. The maximum absolute atomic E-state index is 12.3. The molecule has 0 aliphatic rings. The molecule has 0 aliphatic carbocycles. The number of hydrogen-bond acceptors (Lipinski definition) is 3. The molecule has 0 unspecified atom stereocenters. The van der Waals surface area contributed by atoms with Crippen LogP contribution in [0.3, 0.4) is 0 Å². The first kappa shape index (κ1) is 15.5. The second-order valence-electron chi connectivity index (χ2n) is 4.37. The molecule has 2 aromatic rings. The van der Waals surface area contributed by atoms with E-state index in [1.807, 2.05) is 0 Å². The highest BCUT2D eigenvalue weighted by atomic mass is 35.5. The number of anilines is 1. The first-order valence-electron chi connectivity index (χ1n) is 6.04. The van der Waals surface area contributed by atoms with E-state index in [1.54, 1.807) is 24.7 Å². The molecule has 2 rings (SSSR count). The van der Waals surface area contributed by atoms with Gasteiger partial charge in [0.15, 0.2) is 5.75 Å². The second-order valence-corrected chi connectivity index (χ2v) is 4.75. The van der Waals surface area contributed by atoms with Crippen molar-refractivity contribution >= 4 is 17.3 Å². The van der Waals surface area contributed by atoms with Crippen molar-refractivity contribution in [3.8, 4) is 5.75 Å². The molecule has 4 nitrogen and oxygen atoms in total. The Bertz CT molecular complexity index is 640. The lowest BCUT2D eigenvalue weighted by atomic mass is 10.2. The van der Waals surface area contributed by atoms with Gasteiger partial charge < -0.3 is 10.1 Å². The van der Waals surface area contributed by atoms with Gasteiger partial charge in [-0.25, -0.2) is 0 Å². The van der Waals surface area contributed by atoms with E-state index < -0.39 is 6.36 Å². The summed E-state index contributed by atoms with van der Waals surface area (Å²) in [5.74, 6) is -0.292. The van der Waals surface area contributed by atoms with Crippen LogP contribution in [-0.4, -0.2) is 16.1 Å². The van der Waals surface area contributed by atoms with Gasteiger partial charge in [-0.05, 0) is 19.1 Å². The number of para-hydroxylation sites is 2. The van der Waals surface area contributed by atoms with Crippen LogP contribution in [0.2, 0.25) is 5.02 Å². The molecule has 0 saturated heterocycles. The minimum absolute atomic E-state index is 0.227. The van der Waals surface area contributed by atoms with E-state index in [0.717, 1.165) is 0 Å². The van der Waals surface area contributed by atoms with Crippen LogP contribution < -0.4 is 10.1 Å². The SMILES string of the molecule is Cc1nn(C)c(CNc2ccccc2OC(F)(F)F)c1Cl. The number of halogens is 4. The van der Waals surface area contributed by atoms with Crippen LogP contribution in [0, 0.1) is 6.92 Å². The van der Waals surface area contributed by atoms with Gasteiger partial charge in [0, 0.05) is 7.05 Å². The fraction of sp³-hybridized carbons (Fsp3) is 0.308. The Labute approximate surface area is 124 Å². The molecule has 0 radical (unpaired) electrons. The molecule has 114 valence electrons. The molecule has 8 heteroatoms. The predicted octanol–water partition coefficient (Wildman–Crippen LogP) is 3.89. The summed E-state index contributed by atoms with van der Waals surface area (Å²) in [5, 5.41) is 7.50. The van der Waals surface area contributed by atoms with E-state index in [4.69, 9.17) is 11.6 Å². The van der Waals surface area contributed by atoms with Gasteiger partial charge in [-0.1, -0.05) is 23.7 Å². The summed E-state index contributed by atoms with van der Waals surface area (Å²) in [4.78, 5) is 0. The van der Waals surface area contributed by atoms with Gasteiger partial charge >= 0.3 is 6.36 Å². The summed E-state index contributed by atoms with van der Waals surface area (Å²) in [6, 6.07) is 5.82. The van der Waals surface area contributed by atoms with Crippen molar-refractivity contribution < 1.29 is 17.9 Å². The number of aryl methyl sites for hydroxylation is 2. The Hall–Kier alpha value is -1.89. The van der Waals surface area contributed by atoms with Crippen LogP contribution in [-0.2, 0) is 13.6 Å². The van der Waals surface area contributed by atoms with Crippen molar-refractivity contribution in [2.75, 3.05) is 5.32 Å². The third kappa shape index (κ3) is 3.81. The molecule has 0 aliphatic heterocycles. The largest absolute Gasteiger partial charge is 0.573 e. The van der Waals surface area contributed by atoms with Gasteiger partial charge in [0.25, 0.3) is 0 Å². The van der Waals surface area contributed by atoms with Crippen LogP contribution in [0.5, 0.6) is 5.75 Å². The number of benzene rings is 1. The van der Waals surface area contributed by atoms with Gasteiger partial charge in [0.2, 0.25) is 0 Å². The van der Waals surface area contributed by atoms with Crippen molar-refractivity contribution in [3.05, 3.63) is 40.7 Å². The molecule has 0 fully saturated rings. The molecule has 0 bridgehead atoms. The first-order chi connectivity index (χ1) is 9.78. The van der Waals surface area contributed by atoms with E-state index in [1.165, 1.54) is 18.2 Å². The Morgan fingerprint density at radius 3 is 2.57 bits per heavy atom. The van der Waals surface area contributed by atoms with Crippen LogP contribution in [0.1, 0.15) is 11.4 Å². The molecule has 0 atom stereocenters. The maximum atomic E-state index is 12.3. The normalized spacial score (nSPS) is 11.5. The smallest absolute Gasteiger partial charge is 0.404 e. The van der Waals surface area contributed by atoms with Gasteiger partial charge in [0.05, 0.1) is 28.6 Å². The minimum Gasteiger partial charge on any atom is -0.404 e. The highest BCUT2D eigenvalue weighted by Crippen LogP contribution is 2.30. The van der Waals surface area contributed by atoms with Crippen molar-refractivity contribution in [3.63, 3.8) is 0 Å². The molecular weight excluding hydrogens is 307 g/mol. The number of ether oxygens (including phenoxy) is 1. The van der Waals surface area contributed by atoms with E-state index in [0.29, 0.717) is 16.4 Å². The predicted molar refractivity (Wildman–Crippen MR) is 73.4 cm³/mol. The lowest BCUT2D eigenvalue weighted by Crippen LogP contribution is -2.18. The lowest BCUT2D eigenvalue weighted by Gasteiger charge is -2.14. The first-order valence-corrected chi connectivity index (χ1v) is 6.42. The highest BCUT2D eigenvalue weighted by Gasteiger charge is 2.32. The summed E-state index contributed by atoms with van der Waals surface area (Å²) < 4.78 is 42.5. The average molecular weight is 320 g/mol. The standard InChI is InChI=1S/C13H13ClF3N3O/c1-8-12(14)10(20(2)19-8)7-18-9-5-3-4-6-11(9)21-13(15,16)17/h3-6,18H,7H2,1-2H3. The average Bonchev–Trinajstić information content (AvgIpc) is 2.61. The van der Waals surface area contributed by atoms with Crippen molar-refractivity contribution in [2.24, 2.45) is 7.05 Å². The summed E-state index contributed by atoms with van der Waals surface area (Å²) in [6.45, 7) is 1.99. The Kier molecular flexibility index (Phi) is 4.32. The van der Waals surface area contributed by atoms with Crippen LogP contribution in [0.15, 0.2) is 24.3 Å². The third-order valence-electron chi connectivity index (χ3n) is 2.82. The fourth-order valence-corrected chi connectivity index (χ4v) is 2.10. The van der Waals surface area contributed by atoms with Gasteiger partial charge in [-0.15, -0.1) is 13.2 Å². The maximum Gasteiger partial charge on any atom is 0.573 e. The van der Waals surface area contributed by atoms with Crippen LogP contribution >= 0.6 is 11.6 Å². The summed E-state index contributed by atoms with van der Waals surface area (Å²) in [7, 11) is 1.72. The van der Waals surface area contributed by atoms with Gasteiger partial charge in [-0.2, -0.15) is 5.10 Å². The molecule has 1 aromatic carbocycles. The lowest BCUT2D eigenvalue weighted by molar-refractivity contribution is -0.274. The number of rotatable bonds is 4. The molecule has 0 saturated carbocycles. The Balaban J connectivity index is 2.17. The molecule has 1 aromatic heterocycles. The molecule has 0 amide bonds. The van der Waals surface area contributed by atoms with Crippen molar-refractivity contribution in [2.45, 2.75) is 19.8 Å². The van der Waals surface area contributed by atoms with E-state index >= 15 is 0 Å². The van der Waals surface area contributed by atoms with Crippen molar-refractivity contribution in [1.29, 1.82) is 0 Å². The summed E-state index contributed by atoms with van der Waals surface area (Å²) in [6.07, 6.45) is -4.74.